The average Bonchev–Trinajstić information content (AvgIpc) is 3.13. The highest BCUT2D eigenvalue weighted by atomic mass is 16.5. The summed E-state index contributed by atoms with van der Waals surface area (Å²) in [6.07, 6.45) is 0. The largest absolute Gasteiger partial charge is 0.493 e. The summed E-state index contributed by atoms with van der Waals surface area (Å²) in [7, 11) is 0. The van der Waals surface area contributed by atoms with Crippen LogP contribution in [0.4, 0.5) is 5.69 Å². The topological polar surface area (TPSA) is 77.7 Å². The predicted octanol–water partition coefficient (Wildman–Crippen LogP) is 3.37. The van der Waals surface area contributed by atoms with Crippen molar-refractivity contribution in [3.05, 3.63) is 53.9 Å². The Bertz CT molecular complexity index is 983. The van der Waals surface area contributed by atoms with E-state index in [-0.39, 0.29) is 19.1 Å². The minimum atomic E-state index is -0.152. The molecular formula is C20H19N3O4. The molecule has 1 amide bonds. The number of carbonyl (C=O) groups is 1. The van der Waals surface area contributed by atoms with Crippen LogP contribution in [0.15, 0.2) is 47.0 Å². The molecule has 27 heavy (non-hydrogen) atoms. The molecule has 0 aliphatic carbocycles. The van der Waals surface area contributed by atoms with E-state index >= 15 is 0 Å². The number of hydrogen-bond donors (Lipinski definition) is 0. The van der Waals surface area contributed by atoms with Crippen molar-refractivity contribution in [3.63, 3.8) is 0 Å². The van der Waals surface area contributed by atoms with Gasteiger partial charge in [0.25, 0.3) is 5.91 Å². The fourth-order valence-electron chi connectivity index (χ4n) is 2.98. The Morgan fingerprint density at radius 1 is 1.22 bits per heavy atom. The molecule has 2 heterocycles. The Morgan fingerprint density at radius 3 is 2.93 bits per heavy atom. The van der Waals surface area contributed by atoms with Gasteiger partial charge in [-0.25, -0.2) is 0 Å². The molecule has 7 nitrogen and oxygen atoms in total. The minimum absolute atomic E-state index is 0.00930. The van der Waals surface area contributed by atoms with Crippen LogP contribution in [-0.4, -0.2) is 29.3 Å². The summed E-state index contributed by atoms with van der Waals surface area (Å²) in [4.78, 5) is 18.4. The van der Waals surface area contributed by atoms with E-state index in [0.29, 0.717) is 35.5 Å². The first kappa shape index (κ1) is 17.1. The Hall–Kier alpha value is -3.35. The van der Waals surface area contributed by atoms with Crippen LogP contribution in [-0.2, 0) is 11.3 Å². The zero-order valence-corrected chi connectivity index (χ0v) is 15.1. The minimum Gasteiger partial charge on any atom is -0.493 e. The summed E-state index contributed by atoms with van der Waals surface area (Å²) >= 11 is 0. The van der Waals surface area contributed by atoms with Crippen LogP contribution in [0.2, 0.25) is 0 Å². The maximum atomic E-state index is 12.4. The van der Waals surface area contributed by atoms with Gasteiger partial charge in [0.2, 0.25) is 11.7 Å². The summed E-state index contributed by atoms with van der Waals surface area (Å²) in [6.45, 7) is 4.61. The number of amides is 1. The molecule has 0 saturated heterocycles. The molecule has 0 bridgehead atoms. The second kappa shape index (κ2) is 7.11. The van der Waals surface area contributed by atoms with Gasteiger partial charge in [-0.3, -0.25) is 9.69 Å². The molecule has 0 spiro atoms. The highest BCUT2D eigenvalue weighted by molar-refractivity contribution is 5.97. The van der Waals surface area contributed by atoms with Crippen LogP contribution in [0.5, 0.6) is 11.5 Å². The molecule has 1 aliphatic rings. The summed E-state index contributed by atoms with van der Waals surface area (Å²) < 4.78 is 16.5. The van der Waals surface area contributed by atoms with E-state index in [1.165, 1.54) is 0 Å². The molecule has 138 valence electrons. The smallest absolute Gasteiger partial charge is 0.265 e. The third-order valence-electron chi connectivity index (χ3n) is 4.25. The maximum absolute atomic E-state index is 12.4. The predicted molar refractivity (Wildman–Crippen MR) is 98.8 cm³/mol. The number of para-hydroxylation sites is 1. The Balaban J connectivity index is 1.61. The first-order valence-electron chi connectivity index (χ1n) is 8.74. The fraction of sp³-hybridized carbons (Fsp3) is 0.250. The normalized spacial score (nSPS) is 13.3. The second-order valence-corrected chi connectivity index (χ2v) is 6.18. The van der Waals surface area contributed by atoms with Crippen molar-refractivity contribution < 1.29 is 18.8 Å². The van der Waals surface area contributed by atoms with Crippen molar-refractivity contribution in [2.24, 2.45) is 0 Å². The van der Waals surface area contributed by atoms with Gasteiger partial charge >= 0.3 is 0 Å². The molecule has 1 aromatic heterocycles. The van der Waals surface area contributed by atoms with Crippen LogP contribution >= 0.6 is 0 Å². The van der Waals surface area contributed by atoms with E-state index in [0.717, 1.165) is 11.1 Å². The molecule has 1 aliphatic heterocycles. The van der Waals surface area contributed by atoms with Crippen molar-refractivity contribution in [3.8, 4) is 22.9 Å². The van der Waals surface area contributed by atoms with Gasteiger partial charge in [0.05, 0.1) is 17.9 Å². The maximum Gasteiger partial charge on any atom is 0.265 e. The molecule has 0 fully saturated rings. The van der Waals surface area contributed by atoms with Crippen LogP contribution in [0.25, 0.3) is 11.4 Å². The second-order valence-electron chi connectivity index (χ2n) is 6.18. The van der Waals surface area contributed by atoms with Crippen LogP contribution in [0, 0.1) is 6.92 Å². The molecule has 7 heteroatoms. The fourth-order valence-corrected chi connectivity index (χ4v) is 2.98. The van der Waals surface area contributed by atoms with Gasteiger partial charge in [-0.1, -0.05) is 23.4 Å². The van der Waals surface area contributed by atoms with E-state index in [4.69, 9.17) is 14.0 Å². The number of anilines is 1. The van der Waals surface area contributed by atoms with Gasteiger partial charge < -0.3 is 14.0 Å². The average molecular weight is 365 g/mol. The standard InChI is InChI=1S/C20H19N3O4/c1-3-25-16-7-5-4-6-14(16)20-21-18(27-22-20)11-23-15-9-8-13(2)10-17(15)26-12-19(23)24/h4-10H,3,11-12H2,1-2H3. The molecule has 0 radical (unpaired) electrons. The van der Waals surface area contributed by atoms with Crippen molar-refractivity contribution in [2.45, 2.75) is 20.4 Å². The molecule has 0 N–H and O–H groups in total. The molecule has 2 aromatic carbocycles. The molecule has 3 aromatic rings. The van der Waals surface area contributed by atoms with Crippen LogP contribution in [0.1, 0.15) is 18.4 Å². The van der Waals surface area contributed by atoms with Crippen molar-refractivity contribution >= 4 is 11.6 Å². The number of rotatable bonds is 5. The van der Waals surface area contributed by atoms with E-state index in [9.17, 15) is 4.79 Å². The van der Waals surface area contributed by atoms with E-state index in [2.05, 4.69) is 10.1 Å². The van der Waals surface area contributed by atoms with Crippen LogP contribution < -0.4 is 14.4 Å². The Labute approximate surface area is 156 Å². The van der Waals surface area contributed by atoms with Crippen molar-refractivity contribution in [1.82, 2.24) is 10.1 Å². The number of carbonyl (C=O) groups excluding carboxylic acids is 1. The first-order chi connectivity index (χ1) is 13.2. The van der Waals surface area contributed by atoms with Gasteiger partial charge in [0.1, 0.15) is 18.0 Å². The van der Waals surface area contributed by atoms with E-state index < -0.39 is 0 Å². The van der Waals surface area contributed by atoms with Crippen molar-refractivity contribution in [1.29, 1.82) is 0 Å². The van der Waals surface area contributed by atoms with Gasteiger partial charge in [-0.2, -0.15) is 4.98 Å². The summed E-state index contributed by atoms with van der Waals surface area (Å²) in [6, 6.07) is 13.2. The highest BCUT2D eigenvalue weighted by Gasteiger charge is 2.27. The molecule has 4 rings (SSSR count). The lowest BCUT2D eigenvalue weighted by Gasteiger charge is -2.28. The molecular weight excluding hydrogens is 346 g/mol. The van der Waals surface area contributed by atoms with Gasteiger partial charge in [0.15, 0.2) is 6.61 Å². The summed E-state index contributed by atoms with van der Waals surface area (Å²) in [5.41, 5.74) is 2.51. The number of hydrogen-bond acceptors (Lipinski definition) is 6. The number of aryl methyl sites for hydroxylation is 1. The molecule has 0 saturated carbocycles. The SMILES string of the molecule is CCOc1ccccc1-c1noc(CN2C(=O)COc3cc(C)ccc32)n1. The number of benzene rings is 2. The number of nitrogens with zero attached hydrogens (tertiary/aromatic N) is 3. The van der Waals surface area contributed by atoms with E-state index in [1.807, 2.05) is 56.3 Å². The zero-order chi connectivity index (χ0) is 18.8. The molecule has 0 unspecified atom stereocenters. The summed E-state index contributed by atoms with van der Waals surface area (Å²) in [5, 5.41) is 4.05. The number of ether oxygens (including phenoxy) is 2. The monoisotopic (exact) mass is 365 g/mol. The zero-order valence-electron chi connectivity index (χ0n) is 15.1. The Morgan fingerprint density at radius 2 is 2.07 bits per heavy atom. The highest BCUT2D eigenvalue weighted by Crippen LogP contribution is 2.34. The lowest BCUT2D eigenvalue weighted by molar-refractivity contribution is -0.121. The summed E-state index contributed by atoms with van der Waals surface area (Å²) in [5.74, 6) is 1.99. The van der Waals surface area contributed by atoms with Gasteiger partial charge in [-0.15, -0.1) is 0 Å². The third kappa shape index (κ3) is 3.36. The Kier molecular flexibility index (Phi) is 4.50. The lowest BCUT2D eigenvalue weighted by atomic mass is 10.1. The van der Waals surface area contributed by atoms with Crippen LogP contribution in [0.3, 0.4) is 0 Å². The van der Waals surface area contributed by atoms with Gasteiger partial charge in [0, 0.05) is 0 Å². The van der Waals surface area contributed by atoms with E-state index in [1.54, 1.807) is 4.90 Å². The quantitative estimate of drug-likeness (QED) is 0.690. The van der Waals surface area contributed by atoms with Gasteiger partial charge in [-0.05, 0) is 43.7 Å². The lowest BCUT2D eigenvalue weighted by Crippen LogP contribution is -2.38. The number of aromatic nitrogens is 2. The van der Waals surface area contributed by atoms with Crippen molar-refractivity contribution in [2.75, 3.05) is 18.1 Å². The third-order valence-corrected chi connectivity index (χ3v) is 4.25. The number of fused-ring (bicyclic) bond motifs is 1. The molecule has 0 atom stereocenters. The first-order valence-corrected chi connectivity index (χ1v) is 8.74.